The molecule has 6 nitrogen and oxygen atoms in total. The van der Waals surface area contributed by atoms with Gasteiger partial charge in [-0.05, 0) is 40.9 Å². The van der Waals surface area contributed by atoms with Crippen LogP contribution in [-0.2, 0) is 4.79 Å². The Morgan fingerprint density at radius 1 is 1.32 bits per heavy atom. The van der Waals surface area contributed by atoms with E-state index in [-0.39, 0.29) is 5.91 Å². The van der Waals surface area contributed by atoms with Crippen molar-refractivity contribution in [2.75, 3.05) is 38.1 Å². The van der Waals surface area contributed by atoms with E-state index in [2.05, 4.69) is 60.0 Å². The number of hydrogen-bond acceptors (Lipinski definition) is 3. The van der Waals surface area contributed by atoms with Gasteiger partial charge >= 0.3 is 0 Å². The Labute approximate surface area is 158 Å². The molecule has 1 aromatic carbocycles. The molecule has 1 aliphatic heterocycles. The minimum absolute atomic E-state index is 0.0748. The molecule has 3 N–H and O–H groups in total. The van der Waals surface area contributed by atoms with E-state index in [0.717, 1.165) is 42.9 Å². The molecule has 0 bridgehead atoms. The first-order valence-electron chi connectivity index (χ1n) is 8.87. The van der Waals surface area contributed by atoms with Crippen molar-refractivity contribution in [3.8, 4) is 0 Å². The molecular formula is C18H28BrN5O. The first kappa shape index (κ1) is 19.6. The zero-order valence-electron chi connectivity index (χ0n) is 15.0. The van der Waals surface area contributed by atoms with Crippen LogP contribution in [0.3, 0.4) is 0 Å². The molecule has 138 valence electrons. The van der Waals surface area contributed by atoms with Crippen LogP contribution in [0.25, 0.3) is 0 Å². The Bertz CT molecular complexity index is 593. The molecule has 0 spiro atoms. The molecule has 7 heteroatoms. The Kier molecular flexibility index (Phi) is 8.04. The van der Waals surface area contributed by atoms with Crippen LogP contribution < -0.4 is 20.9 Å². The molecule has 1 unspecified atom stereocenters. The van der Waals surface area contributed by atoms with Crippen molar-refractivity contribution in [3.63, 3.8) is 0 Å². The number of halogens is 1. The van der Waals surface area contributed by atoms with Gasteiger partial charge in [-0.25, -0.2) is 0 Å². The Morgan fingerprint density at radius 2 is 2.12 bits per heavy atom. The van der Waals surface area contributed by atoms with Crippen LogP contribution in [0.15, 0.2) is 33.7 Å². The Balaban J connectivity index is 1.75. The molecule has 0 aliphatic carbocycles. The third-order valence-corrected chi connectivity index (χ3v) is 4.83. The number of rotatable bonds is 7. The van der Waals surface area contributed by atoms with E-state index in [1.54, 1.807) is 7.05 Å². The fourth-order valence-corrected chi connectivity index (χ4v) is 3.38. The molecular weight excluding hydrogens is 382 g/mol. The average Bonchev–Trinajstić information content (AvgIpc) is 3.07. The van der Waals surface area contributed by atoms with E-state index >= 15 is 0 Å². The van der Waals surface area contributed by atoms with Crippen molar-refractivity contribution in [2.24, 2.45) is 4.99 Å². The Hall–Kier alpha value is -1.76. The highest BCUT2D eigenvalue weighted by Crippen LogP contribution is 2.28. The third-order valence-electron chi connectivity index (χ3n) is 4.16. The van der Waals surface area contributed by atoms with E-state index in [4.69, 9.17) is 0 Å². The smallest absolute Gasteiger partial charge is 0.221 e. The van der Waals surface area contributed by atoms with E-state index in [1.807, 2.05) is 13.0 Å². The molecule has 0 saturated carbocycles. The minimum Gasteiger partial charge on any atom is -0.368 e. The van der Waals surface area contributed by atoms with Gasteiger partial charge in [-0.2, -0.15) is 0 Å². The van der Waals surface area contributed by atoms with Gasteiger partial charge in [-0.1, -0.05) is 19.1 Å². The van der Waals surface area contributed by atoms with Crippen molar-refractivity contribution in [1.82, 2.24) is 16.0 Å². The van der Waals surface area contributed by atoms with Crippen LogP contribution >= 0.6 is 15.9 Å². The number of hydrogen-bond donors (Lipinski definition) is 3. The summed E-state index contributed by atoms with van der Waals surface area (Å²) in [4.78, 5) is 18.3. The van der Waals surface area contributed by atoms with Crippen molar-refractivity contribution < 1.29 is 4.79 Å². The van der Waals surface area contributed by atoms with Crippen molar-refractivity contribution in [2.45, 2.75) is 32.2 Å². The van der Waals surface area contributed by atoms with Crippen molar-refractivity contribution >= 4 is 33.5 Å². The van der Waals surface area contributed by atoms with Crippen LogP contribution in [0.4, 0.5) is 5.69 Å². The molecule has 1 aliphatic rings. The number of benzene rings is 1. The SMILES string of the molecule is CCCNC(=O)CCNC(=NC)NC1CCN(c2ccccc2Br)C1. The zero-order valence-corrected chi connectivity index (χ0v) is 16.6. The molecule has 2 rings (SSSR count). The summed E-state index contributed by atoms with van der Waals surface area (Å²) in [5, 5.41) is 9.55. The molecule has 1 aromatic rings. The summed E-state index contributed by atoms with van der Waals surface area (Å²) in [6, 6.07) is 8.63. The second-order valence-corrected chi connectivity index (χ2v) is 6.98. The topological polar surface area (TPSA) is 68.8 Å². The van der Waals surface area contributed by atoms with Gasteiger partial charge in [0.05, 0.1) is 5.69 Å². The minimum atomic E-state index is 0.0748. The number of guanidine groups is 1. The van der Waals surface area contributed by atoms with Crippen LogP contribution in [0, 0.1) is 0 Å². The predicted octanol–water partition coefficient (Wildman–Crippen LogP) is 2.11. The molecule has 1 saturated heterocycles. The molecule has 1 heterocycles. The lowest BCUT2D eigenvalue weighted by Gasteiger charge is -2.21. The monoisotopic (exact) mass is 409 g/mol. The van der Waals surface area contributed by atoms with Gasteiger partial charge in [0.15, 0.2) is 5.96 Å². The van der Waals surface area contributed by atoms with E-state index < -0.39 is 0 Å². The summed E-state index contributed by atoms with van der Waals surface area (Å²) in [6.07, 6.45) is 2.46. The van der Waals surface area contributed by atoms with Gasteiger partial charge in [0, 0.05) is 50.2 Å². The normalized spacial score (nSPS) is 17.5. The predicted molar refractivity (Wildman–Crippen MR) is 107 cm³/mol. The number of nitrogens with one attached hydrogen (secondary N) is 3. The van der Waals surface area contributed by atoms with Crippen LogP contribution in [0.5, 0.6) is 0 Å². The summed E-state index contributed by atoms with van der Waals surface area (Å²) in [7, 11) is 1.76. The number of anilines is 1. The summed E-state index contributed by atoms with van der Waals surface area (Å²) in [6.45, 7) is 5.30. The fraction of sp³-hybridized carbons (Fsp3) is 0.556. The first-order chi connectivity index (χ1) is 12.1. The largest absolute Gasteiger partial charge is 0.368 e. The third kappa shape index (κ3) is 6.23. The highest BCUT2D eigenvalue weighted by atomic mass is 79.9. The highest BCUT2D eigenvalue weighted by Gasteiger charge is 2.24. The maximum absolute atomic E-state index is 11.6. The van der Waals surface area contributed by atoms with Gasteiger partial charge < -0.3 is 20.9 Å². The van der Waals surface area contributed by atoms with Crippen LogP contribution in [0.2, 0.25) is 0 Å². The van der Waals surface area contributed by atoms with E-state index in [9.17, 15) is 4.79 Å². The summed E-state index contributed by atoms with van der Waals surface area (Å²) < 4.78 is 1.12. The number of aliphatic imine (C=N–C) groups is 1. The lowest BCUT2D eigenvalue weighted by Crippen LogP contribution is -2.45. The molecule has 1 fully saturated rings. The van der Waals surface area contributed by atoms with E-state index in [1.165, 1.54) is 5.69 Å². The lowest BCUT2D eigenvalue weighted by molar-refractivity contribution is -0.120. The highest BCUT2D eigenvalue weighted by molar-refractivity contribution is 9.10. The first-order valence-corrected chi connectivity index (χ1v) is 9.66. The number of amides is 1. The molecule has 1 amide bonds. The maximum Gasteiger partial charge on any atom is 0.221 e. The van der Waals surface area contributed by atoms with Gasteiger partial charge in [-0.15, -0.1) is 0 Å². The quantitative estimate of drug-likeness (QED) is 0.476. The lowest BCUT2D eigenvalue weighted by atomic mass is 10.2. The zero-order chi connectivity index (χ0) is 18.1. The maximum atomic E-state index is 11.6. The second-order valence-electron chi connectivity index (χ2n) is 6.13. The second kappa shape index (κ2) is 10.3. The molecule has 1 atom stereocenters. The van der Waals surface area contributed by atoms with Gasteiger partial charge in [0.25, 0.3) is 0 Å². The van der Waals surface area contributed by atoms with Gasteiger partial charge in [0.2, 0.25) is 5.91 Å². The molecule has 0 aromatic heterocycles. The molecule has 0 radical (unpaired) electrons. The number of carbonyl (C=O) groups excluding carboxylic acids is 1. The van der Waals surface area contributed by atoms with Gasteiger partial charge in [-0.3, -0.25) is 9.79 Å². The Morgan fingerprint density at radius 3 is 2.84 bits per heavy atom. The van der Waals surface area contributed by atoms with Crippen LogP contribution in [-0.4, -0.2) is 51.1 Å². The number of carbonyl (C=O) groups is 1. The number of nitrogens with zero attached hydrogens (tertiary/aromatic N) is 2. The molecule has 25 heavy (non-hydrogen) atoms. The average molecular weight is 410 g/mol. The number of para-hydroxylation sites is 1. The van der Waals surface area contributed by atoms with Gasteiger partial charge in [0.1, 0.15) is 0 Å². The standard InChI is InChI=1S/C18H28BrN5O/c1-3-10-21-17(25)8-11-22-18(20-2)23-14-9-12-24(13-14)16-7-5-4-6-15(16)19/h4-7,14H,3,8-13H2,1-2H3,(H,21,25)(H2,20,22,23). The van der Waals surface area contributed by atoms with E-state index in [0.29, 0.717) is 19.0 Å². The fourth-order valence-electron chi connectivity index (χ4n) is 2.84. The summed E-state index contributed by atoms with van der Waals surface area (Å²) in [5.74, 6) is 0.827. The van der Waals surface area contributed by atoms with Crippen LogP contribution in [0.1, 0.15) is 26.2 Å². The summed E-state index contributed by atoms with van der Waals surface area (Å²) in [5.41, 5.74) is 1.22. The summed E-state index contributed by atoms with van der Waals surface area (Å²) >= 11 is 3.62. The van der Waals surface area contributed by atoms with Crippen molar-refractivity contribution in [1.29, 1.82) is 0 Å². The van der Waals surface area contributed by atoms with Crippen molar-refractivity contribution in [3.05, 3.63) is 28.7 Å².